The van der Waals surface area contributed by atoms with Gasteiger partial charge in [-0.1, -0.05) is 23.9 Å². The minimum absolute atomic E-state index is 0.250. The van der Waals surface area contributed by atoms with Gasteiger partial charge in [-0.25, -0.2) is 4.68 Å². The maximum absolute atomic E-state index is 12.1. The Balaban J connectivity index is 1.67. The molecular weight excluding hydrogens is 278 g/mol. The summed E-state index contributed by atoms with van der Waals surface area (Å²) in [6.45, 7) is 0.309. The van der Waals surface area contributed by atoms with E-state index in [-0.39, 0.29) is 11.8 Å². The average Bonchev–Trinajstić information content (AvgIpc) is 2.97. The Hall–Kier alpha value is -2.35. The number of rotatable bonds is 4. The van der Waals surface area contributed by atoms with Gasteiger partial charge in [-0.3, -0.25) is 14.5 Å². The quantitative estimate of drug-likeness (QED) is 0.497. The summed E-state index contributed by atoms with van der Waals surface area (Å²) in [5.41, 5.74) is 0.925. The molecule has 1 aromatic carbocycles. The fraction of sp³-hybridized carbons (Fsp3) is 0.167. The van der Waals surface area contributed by atoms with Crippen molar-refractivity contribution in [3.8, 4) is 0 Å². The normalized spacial score (nSPS) is 13.9. The smallest absolute Gasteiger partial charge is 0.261 e. The summed E-state index contributed by atoms with van der Waals surface area (Å²) in [5.74, 6) is 5.60. The predicted octanol–water partition coefficient (Wildman–Crippen LogP) is 0.380. The summed E-state index contributed by atoms with van der Waals surface area (Å²) in [4.78, 5) is 25.5. The van der Waals surface area contributed by atoms with Crippen LogP contribution in [0.3, 0.4) is 0 Å². The van der Waals surface area contributed by atoms with Crippen molar-refractivity contribution in [1.29, 1.82) is 0 Å². The molecule has 0 aliphatic carbocycles. The Labute approximate surface area is 118 Å². The Morgan fingerprint density at radius 2 is 1.80 bits per heavy atom. The van der Waals surface area contributed by atoms with Crippen molar-refractivity contribution in [2.24, 2.45) is 0 Å². The van der Waals surface area contributed by atoms with Gasteiger partial charge in [0.05, 0.1) is 11.1 Å². The van der Waals surface area contributed by atoms with Crippen LogP contribution >= 0.6 is 11.8 Å². The topological polar surface area (TPSA) is 94.1 Å². The minimum atomic E-state index is -0.250. The fourth-order valence-electron chi connectivity index (χ4n) is 2.01. The Bertz CT molecular complexity index is 649. The number of hydrogen-bond donors (Lipinski definition) is 1. The number of amides is 2. The molecule has 2 aromatic rings. The summed E-state index contributed by atoms with van der Waals surface area (Å²) in [5, 5.41) is 8.02. The Morgan fingerprint density at radius 3 is 2.35 bits per heavy atom. The molecule has 102 valence electrons. The van der Waals surface area contributed by atoms with E-state index in [1.54, 1.807) is 24.3 Å². The summed E-state index contributed by atoms with van der Waals surface area (Å²) in [6, 6.07) is 6.83. The molecule has 1 aliphatic heterocycles. The lowest BCUT2D eigenvalue weighted by molar-refractivity contribution is 0.0664. The number of carbonyl (C=O) groups is 2. The monoisotopic (exact) mass is 289 g/mol. The Kier molecular flexibility index (Phi) is 3.15. The molecule has 2 amide bonds. The first-order valence-electron chi connectivity index (χ1n) is 5.91. The van der Waals surface area contributed by atoms with E-state index in [1.807, 2.05) is 0 Å². The number of nitrogens with zero attached hydrogens (tertiary/aromatic N) is 4. The number of aromatic nitrogens is 3. The van der Waals surface area contributed by atoms with Gasteiger partial charge in [0.1, 0.15) is 6.33 Å². The summed E-state index contributed by atoms with van der Waals surface area (Å²) >= 11 is 1.34. The van der Waals surface area contributed by atoms with Crippen LogP contribution in [0.4, 0.5) is 0 Å². The predicted molar refractivity (Wildman–Crippen MR) is 72.7 cm³/mol. The molecule has 0 bridgehead atoms. The first-order valence-corrected chi connectivity index (χ1v) is 6.90. The molecule has 0 unspecified atom stereocenters. The van der Waals surface area contributed by atoms with Crippen LogP contribution in [0.25, 0.3) is 0 Å². The van der Waals surface area contributed by atoms with Crippen molar-refractivity contribution in [2.45, 2.75) is 5.16 Å². The molecule has 2 heterocycles. The lowest BCUT2D eigenvalue weighted by atomic mass is 10.1. The van der Waals surface area contributed by atoms with E-state index in [1.165, 1.54) is 27.7 Å². The number of nitrogens with two attached hydrogens (primary N) is 1. The second-order valence-corrected chi connectivity index (χ2v) is 5.24. The Morgan fingerprint density at radius 1 is 1.15 bits per heavy atom. The summed E-state index contributed by atoms with van der Waals surface area (Å²) < 4.78 is 1.30. The molecule has 1 aliphatic rings. The third-order valence-electron chi connectivity index (χ3n) is 2.96. The first kappa shape index (κ1) is 12.7. The second kappa shape index (κ2) is 4.97. The van der Waals surface area contributed by atoms with Crippen LogP contribution in [0.5, 0.6) is 0 Å². The van der Waals surface area contributed by atoms with Crippen LogP contribution in [0.15, 0.2) is 35.7 Å². The molecule has 7 nitrogen and oxygen atoms in total. The van der Waals surface area contributed by atoms with E-state index < -0.39 is 0 Å². The number of imide groups is 1. The van der Waals surface area contributed by atoms with Crippen LogP contribution in [0.2, 0.25) is 0 Å². The van der Waals surface area contributed by atoms with Gasteiger partial charge < -0.3 is 5.84 Å². The number of nitrogen functional groups attached to an aromatic ring is 1. The average molecular weight is 289 g/mol. The van der Waals surface area contributed by atoms with Gasteiger partial charge in [0.25, 0.3) is 11.8 Å². The van der Waals surface area contributed by atoms with E-state index in [0.717, 1.165) is 0 Å². The van der Waals surface area contributed by atoms with E-state index in [0.29, 0.717) is 28.6 Å². The van der Waals surface area contributed by atoms with Gasteiger partial charge in [-0.05, 0) is 12.1 Å². The molecule has 0 fully saturated rings. The maximum atomic E-state index is 12.1. The highest BCUT2D eigenvalue weighted by atomic mass is 32.2. The number of fused-ring (bicyclic) bond motifs is 1. The first-order chi connectivity index (χ1) is 9.68. The molecular formula is C12H11N5O2S. The zero-order valence-corrected chi connectivity index (χ0v) is 11.2. The van der Waals surface area contributed by atoms with Crippen LogP contribution < -0.4 is 5.84 Å². The van der Waals surface area contributed by atoms with Gasteiger partial charge >= 0.3 is 0 Å². The van der Waals surface area contributed by atoms with E-state index in [9.17, 15) is 9.59 Å². The highest BCUT2D eigenvalue weighted by Crippen LogP contribution is 2.23. The molecule has 2 N–H and O–H groups in total. The van der Waals surface area contributed by atoms with Crippen molar-refractivity contribution < 1.29 is 9.59 Å². The van der Waals surface area contributed by atoms with Crippen LogP contribution in [0.1, 0.15) is 20.7 Å². The van der Waals surface area contributed by atoms with Crippen molar-refractivity contribution >= 4 is 23.6 Å². The lowest BCUT2D eigenvalue weighted by Gasteiger charge is -2.12. The molecule has 0 radical (unpaired) electrons. The molecule has 8 heteroatoms. The molecule has 3 rings (SSSR count). The molecule has 0 spiro atoms. The second-order valence-electron chi connectivity index (χ2n) is 4.18. The van der Waals surface area contributed by atoms with Gasteiger partial charge in [0.15, 0.2) is 0 Å². The van der Waals surface area contributed by atoms with Crippen LogP contribution in [-0.4, -0.2) is 43.9 Å². The molecule has 0 saturated heterocycles. The van der Waals surface area contributed by atoms with Gasteiger partial charge in [-0.2, -0.15) is 0 Å². The van der Waals surface area contributed by atoms with Gasteiger partial charge in [0, 0.05) is 12.3 Å². The number of hydrogen-bond acceptors (Lipinski definition) is 6. The molecule has 0 saturated carbocycles. The fourth-order valence-corrected chi connectivity index (χ4v) is 2.76. The van der Waals surface area contributed by atoms with E-state index in [2.05, 4.69) is 10.2 Å². The summed E-state index contributed by atoms with van der Waals surface area (Å²) in [6.07, 6.45) is 1.39. The van der Waals surface area contributed by atoms with Crippen molar-refractivity contribution in [3.63, 3.8) is 0 Å². The van der Waals surface area contributed by atoms with E-state index in [4.69, 9.17) is 5.84 Å². The largest absolute Gasteiger partial charge is 0.336 e. The van der Waals surface area contributed by atoms with Crippen LogP contribution in [-0.2, 0) is 0 Å². The van der Waals surface area contributed by atoms with Gasteiger partial charge in [-0.15, -0.1) is 10.2 Å². The molecule has 0 atom stereocenters. The lowest BCUT2D eigenvalue weighted by Crippen LogP contribution is -2.31. The zero-order valence-electron chi connectivity index (χ0n) is 10.4. The highest BCUT2D eigenvalue weighted by Gasteiger charge is 2.34. The van der Waals surface area contributed by atoms with E-state index >= 15 is 0 Å². The third-order valence-corrected chi connectivity index (χ3v) is 3.90. The van der Waals surface area contributed by atoms with Crippen molar-refractivity contribution in [3.05, 3.63) is 41.7 Å². The third kappa shape index (κ3) is 2.03. The maximum Gasteiger partial charge on any atom is 0.261 e. The number of thioether (sulfide) groups is 1. The molecule has 20 heavy (non-hydrogen) atoms. The zero-order chi connectivity index (χ0) is 14.1. The van der Waals surface area contributed by atoms with Crippen molar-refractivity contribution in [1.82, 2.24) is 19.8 Å². The standard InChI is InChI=1S/C12H11N5O2S/c13-17-7-14-15-12(17)20-6-5-16-10(18)8-3-1-2-4-9(8)11(16)19/h1-4,7H,5-6,13H2. The molecule has 1 aromatic heterocycles. The minimum Gasteiger partial charge on any atom is -0.336 e. The van der Waals surface area contributed by atoms with Gasteiger partial charge in [0.2, 0.25) is 5.16 Å². The van der Waals surface area contributed by atoms with Crippen LogP contribution in [0, 0.1) is 0 Å². The summed E-state index contributed by atoms with van der Waals surface area (Å²) in [7, 11) is 0. The number of carbonyl (C=O) groups excluding carboxylic acids is 2. The highest BCUT2D eigenvalue weighted by molar-refractivity contribution is 7.99. The SMILES string of the molecule is Nn1cnnc1SCCN1C(=O)c2ccccc2C1=O. The van der Waals surface area contributed by atoms with Crippen molar-refractivity contribution in [2.75, 3.05) is 18.1 Å². The number of benzene rings is 1.